The van der Waals surface area contributed by atoms with E-state index in [1.165, 1.54) is 0 Å². The summed E-state index contributed by atoms with van der Waals surface area (Å²) in [6.07, 6.45) is 3.37. The maximum Gasteiger partial charge on any atom is 0.189 e. The van der Waals surface area contributed by atoms with Crippen LogP contribution in [0.25, 0.3) is 22.0 Å². The third-order valence-electron chi connectivity index (χ3n) is 3.91. The van der Waals surface area contributed by atoms with Gasteiger partial charge in [0.25, 0.3) is 0 Å². The standard InChI is InChI=1S/C21H20N2O/c1-15-20(19(24)13-14-23(2)3)21(16-9-5-4-6-10-16)17-11-7-8-12-18(17)22-15/h4-14H,1-3H3/b14-13+. The van der Waals surface area contributed by atoms with E-state index in [2.05, 4.69) is 4.98 Å². The number of allylic oxidation sites excluding steroid dienone is 1. The van der Waals surface area contributed by atoms with Gasteiger partial charge in [-0.25, -0.2) is 0 Å². The van der Waals surface area contributed by atoms with Crippen molar-refractivity contribution in [3.63, 3.8) is 0 Å². The van der Waals surface area contributed by atoms with Gasteiger partial charge in [-0.05, 0) is 18.6 Å². The summed E-state index contributed by atoms with van der Waals surface area (Å²) in [5, 5.41) is 0.996. The van der Waals surface area contributed by atoms with Crippen LogP contribution in [0.1, 0.15) is 16.1 Å². The van der Waals surface area contributed by atoms with E-state index in [0.29, 0.717) is 5.56 Å². The molecule has 0 aliphatic heterocycles. The molecule has 24 heavy (non-hydrogen) atoms. The van der Waals surface area contributed by atoms with Gasteiger partial charge in [0, 0.05) is 43.0 Å². The highest BCUT2D eigenvalue weighted by Crippen LogP contribution is 2.33. The Balaban J connectivity index is 2.32. The van der Waals surface area contributed by atoms with E-state index in [4.69, 9.17) is 0 Å². The number of hydrogen-bond donors (Lipinski definition) is 0. The van der Waals surface area contributed by atoms with Crippen LogP contribution < -0.4 is 0 Å². The number of ketones is 1. The second-order valence-corrected chi connectivity index (χ2v) is 5.97. The minimum atomic E-state index is -0.0293. The average molecular weight is 316 g/mol. The average Bonchev–Trinajstić information content (AvgIpc) is 2.59. The van der Waals surface area contributed by atoms with Crippen LogP contribution >= 0.6 is 0 Å². The molecule has 0 unspecified atom stereocenters. The molecule has 0 N–H and O–H groups in total. The molecule has 3 heteroatoms. The number of para-hydroxylation sites is 1. The van der Waals surface area contributed by atoms with Gasteiger partial charge < -0.3 is 4.90 Å². The van der Waals surface area contributed by atoms with Crippen LogP contribution in [0.3, 0.4) is 0 Å². The van der Waals surface area contributed by atoms with Crippen molar-refractivity contribution in [2.75, 3.05) is 14.1 Å². The van der Waals surface area contributed by atoms with Crippen LogP contribution in [0.2, 0.25) is 0 Å². The molecule has 3 nitrogen and oxygen atoms in total. The Bertz CT molecular complexity index is 912. The maximum absolute atomic E-state index is 12.9. The Hall–Kier alpha value is -2.94. The molecule has 0 saturated heterocycles. The zero-order valence-electron chi connectivity index (χ0n) is 14.2. The van der Waals surface area contributed by atoms with Crippen molar-refractivity contribution in [1.29, 1.82) is 0 Å². The number of pyridine rings is 1. The van der Waals surface area contributed by atoms with Crippen molar-refractivity contribution >= 4 is 16.7 Å². The van der Waals surface area contributed by atoms with Crippen LogP contribution in [0.5, 0.6) is 0 Å². The number of fused-ring (bicyclic) bond motifs is 1. The predicted octanol–water partition coefficient (Wildman–Crippen LogP) is 4.47. The van der Waals surface area contributed by atoms with Gasteiger partial charge >= 0.3 is 0 Å². The first-order chi connectivity index (χ1) is 11.6. The monoisotopic (exact) mass is 316 g/mol. The van der Waals surface area contributed by atoms with Crippen LogP contribution in [-0.2, 0) is 0 Å². The zero-order chi connectivity index (χ0) is 17.1. The SMILES string of the molecule is Cc1nc2ccccc2c(-c2ccccc2)c1C(=O)/C=C/N(C)C. The van der Waals surface area contributed by atoms with E-state index in [9.17, 15) is 4.79 Å². The molecule has 2 aromatic carbocycles. The van der Waals surface area contributed by atoms with Crippen LogP contribution in [0.4, 0.5) is 0 Å². The molecule has 0 aliphatic rings. The number of hydrogen-bond acceptors (Lipinski definition) is 3. The summed E-state index contributed by atoms with van der Waals surface area (Å²) in [7, 11) is 3.79. The Kier molecular flexibility index (Phi) is 4.43. The predicted molar refractivity (Wildman–Crippen MR) is 99.1 cm³/mol. The van der Waals surface area contributed by atoms with Crippen LogP contribution in [0.15, 0.2) is 66.9 Å². The Morgan fingerprint density at radius 1 is 1.00 bits per heavy atom. The topological polar surface area (TPSA) is 33.2 Å². The molecular formula is C21H20N2O. The molecule has 0 radical (unpaired) electrons. The van der Waals surface area contributed by atoms with Crippen molar-refractivity contribution in [3.05, 3.63) is 78.1 Å². The summed E-state index contributed by atoms with van der Waals surface area (Å²) in [5.74, 6) is -0.0293. The molecule has 0 fully saturated rings. The van der Waals surface area contributed by atoms with Crippen molar-refractivity contribution < 1.29 is 4.79 Å². The van der Waals surface area contributed by atoms with Gasteiger partial charge in [0.15, 0.2) is 5.78 Å². The number of aryl methyl sites for hydroxylation is 1. The second kappa shape index (κ2) is 6.67. The molecule has 3 rings (SSSR count). The highest BCUT2D eigenvalue weighted by Gasteiger charge is 2.18. The van der Waals surface area contributed by atoms with E-state index >= 15 is 0 Å². The molecule has 1 heterocycles. The number of benzene rings is 2. The third-order valence-corrected chi connectivity index (χ3v) is 3.91. The van der Waals surface area contributed by atoms with Crippen LogP contribution in [0, 0.1) is 6.92 Å². The number of aromatic nitrogens is 1. The maximum atomic E-state index is 12.9. The lowest BCUT2D eigenvalue weighted by Crippen LogP contribution is -2.07. The lowest BCUT2D eigenvalue weighted by atomic mass is 9.92. The quantitative estimate of drug-likeness (QED) is 0.526. The summed E-state index contributed by atoms with van der Waals surface area (Å²) >= 11 is 0. The first-order valence-electron chi connectivity index (χ1n) is 7.91. The van der Waals surface area contributed by atoms with E-state index in [-0.39, 0.29) is 5.78 Å². The summed E-state index contributed by atoms with van der Waals surface area (Å²) in [6.45, 7) is 1.90. The summed E-state index contributed by atoms with van der Waals surface area (Å²) in [4.78, 5) is 19.3. The molecule has 0 saturated carbocycles. The minimum absolute atomic E-state index is 0.0293. The first kappa shape index (κ1) is 15.9. The number of nitrogens with zero attached hydrogens (tertiary/aromatic N) is 2. The Labute approximate surface area is 142 Å². The molecule has 0 atom stereocenters. The van der Waals surface area contributed by atoms with Crippen molar-refractivity contribution in [3.8, 4) is 11.1 Å². The lowest BCUT2D eigenvalue weighted by Gasteiger charge is -2.14. The largest absolute Gasteiger partial charge is 0.383 e. The fourth-order valence-corrected chi connectivity index (χ4v) is 2.84. The highest BCUT2D eigenvalue weighted by molar-refractivity contribution is 6.14. The van der Waals surface area contributed by atoms with Gasteiger partial charge in [-0.15, -0.1) is 0 Å². The van der Waals surface area contributed by atoms with E-state index < -0.39 is 0 Å². The van der Waals surface area contributed by atoms with Crippen molar-refractivity contribution in [1.82, 2.24) is 9.88 Å². The van der Waals surface area contributed by atoms with E-state index in [0.717, 1.165) is 27.7 Å². The summed E-state index contributed by atoms with van der Waals surface area (Å²) < 4.78 is 0. The van der Waals surface area contributed by atoms with E-state index in [1.807, 2.05) is 80.5 Å². The first-order valence-corrected chi connectivity index (χ1v) is 7.91. The van der Waals surface area contributed by atoms with Gasteiger partial charge in [0.05, 0.1) is 11.1 Å². The Morgan fingerprint density at radius 2 is 1.67 bits per heavy atom. The molecular weight excluding hydrogens is 296 g/mol. The molecule has 120 valence electrons. The summed E-state index contributed by atoms with van der Waals surface area (Å²) in [6, 6.07) is 18.0. The molecule has 3 aromatic rings. The Morgan fingerprint density at radius 3 is 2.38 bits per heavy atom. The molecule has 0 amide bonds. The third kappa shape index (κ3) is 3.06. The smallest absolute Gasteiger partial charge is 0.189 e. The number of rotatable bonds is 4. The fraction of sp³-hybridized carbons (Fsp3) is 0.143. The highest BCUT2D eigenvalue weighted by atomic mass is 16.1. The van der Waals surface area contributed by atoms with Gasteiger partial charge in [-0.3, -0.25) is 9.78 Å². The van der Waals surface area contributed by atoms with E-state index in [1.54, 1.807) is 12.3 Å². The van der Waals surface area contributed by atoms with Gasteiger partial charge in [-0.2, -0.15) is 0 Å². The molecule has 1 aromatic heterocycles. The number of carbonyl (C=O) groups excluding carboxylic acids is 1. The van der Waals surface area contributed by atoms with Gasteiger partial charge in [-0.1, -0.05) is 48.5 Å². The molecule has 0 spiro atoms. The van der Waals surface area contributed by atoms with Gasteiger partial charge in [0.1, 0.15) is 0 Å². The molecule has 0 bridgehead atoms. The van der Waals surface area contributed by atoms with Crippen LogP contribution in [-0.4, -0.2) is 29.8 Å². The minimum Gasteiger partial charge on any atom is -0.383 e. The number of carbonyl (C=O) groups is 1. The van der Waals surface area contributed by atoms with Crippen molar-refractivity contribution in [2.45, 2.75) is 6.92 Å². The molecule has 0 aliphatic carbocycles. The second-order valence-electron chi connectivity index (χ2n) is 5.97. The normalized spacial score (nSPS) is 11.1. The zero-order valence-corrected chi connectivity index (χ0v) is 14.2. The fourth-order valence-electron chi connectivity index (χ4n) is 2.84. The van der Waals surface area contributed by atoms with Gasteiger partial charge in [0.2, 0.25) is 0 Å². The lowest BCUT2D eigenvalue weighted by molar-refractivity contribution is 0.104. The van der Waals surface area contributed by atoms with Crippen molar-refractivity contribution in [2.24, 2.45) is 0 Å². The summed E-state index contributed by atoms with van der Waals surface area (Å²) in [5.41, 5.74) is 4.30.